The predicted molar refractivity (Wildman–Crippen MR) is 127 cm³/mol. The molecule has 0 saturated carbocycles. The summed E-state index contributed by atoms with van der Waals surface area (Å²) in [6, 6.07) is 17.8. The number of pyridine rings is 1. The Kier molecular flexibility index (Phi) is 7.04. The zero-order valence-electron chi connectivity index (χ0n) is 19.1. The van der Waals surface area contributed by atoms with E-state index in [-0.39, 0.29) is 24.5 Å². The minimum atomic E-state index is -0.753. The third-order valence-corrected chi connectivity index (χ3v) is 5.78. The highest BCUT2D eigenvalue weighted by Crippen LogP contribution is 2.39. The van der Waals surface area contributed by atoms with Crippen LogP contribution in [0.5, 0.6) is 5.75 Å². The number of likely N-dealkylation sites (tertiary alicyclic amines) is 1. The van der Waals surface area contributed by atoms with Gasteiger partial charge in [0.2, 0.25) is 0 Å². The number of hydrogen-bond donors (Lipinski definition) is 1. The van der Waals surface area contributed by atoms with E-state index in [1.807, 2.05) is 37.3 Å². The minimum Gasteiger partial charge on any atom is -0.507 e. The summed E-state index contributed by atoms with van der Waals surface area (Å²) in [5, 5.41) is 11.3. The SMILES string of the molecule is COCCN1C(=O)C(=O)/C(=C(/O)c2ccc(OCc3ccccc3)cc2C)[C@@H]1c1cccnc1. The molecule has 174 valence electrons. The molecule has 1 N–H and O–H groups in total. The van der Waals surface area contributed by atoms with Crippen LogP contribution in [0.3, 0.4) is 0 Å². The van der Waals surface area contributed by atoms with Crippen molar-refractivity contribution >= 4 is 17.4 Å². The van der Waals surface area contributed by atoms with Crippen LogP contribution in [0.15, 0.2) is 78.6 Å². The largest absolute Gasteiger partial charge is 0.507 e. The lowest BCUT2D eigenvalue weighted by Crippen LogP contribution is -2.32. The van der Waals surface area contributed by atoms with Crippen LogP contribution in [-0.2, 0) is 20.9 Å². The first-order valence-electron chi connectivity index (χ1n) is 11.0. The molecule has 1 amide bonds. The molecule has 1 aromatic heterocycles. The van der Waals surface area contributed by atoms with Gasteiger partial charge in [-0.1, -0.05) is 36.4 Å². The van der Waals surface area contributed by atoms with Gasteiger partial charge >= 0.3 is 0 Å². The summed E-state index contributed by atoms with van der Waals surface area (Å²) in [7, 11) is 1.53. The van der Waals surface area contributed by atoms with E-state index in [2.05, 4.69) is 4.98 Å². The fourth-order valence-electron chi connectivity index (χ4n) is 4.06. The monoisotopic (exact) mass is 458 g/mol. The van der Waals surface area contributed by atoms with Gasteiger partial charge in [0.15, 0.2) is 0 Å². The summed E-state index contributed by atoms with van der Waals surface area (Å²) in [4.78, 5) is 31.4. The molecule has 3 aromatic rings. The number of aryl methyl sites for hydroxylation is 1. The summed E-state index contributed by atoms with van der Waals surface area (Å²) in [5.74, 6) is -0.985. The molecule has 1 fully saturated rings. The summed E-state index contributed by atoms with van der Waals surface area (Å²) in [6.45, 7) is 2.71. The molecule has 0 aliphatic carbocycles. The first kappa shape index (κ1) is 23.2. The van der Waals surface area contributed by atoms with Crippen LogP contribution in [0, 0.1) is 6.92 Å². The van der Waals surface area contributed by atoms with Gasteiger partial charge in [0.1, 0.15) is 18.1 Å². The Morgan fingerprint density at radius 2 is 1.88 bits per heavy atom. The Morgan fingerprint density at radius 3 is 2.56 bits per heavy atom. The van der Waals surface area contributed by atoms with E-state index in [0.717, 1.165) is 11.1 Å². The minimum absolute atomic E-state index is 0.0372. The topological polar surface area (TPSA) is 89.0 Å². The van der Waals surface area contributed by atoms with Gasteiger partial charge in [-0.3, -0.25) is 14.6 Å². The molecule has 2 heterocycles. The van der Waals surface area contributed by atoms with Crippen LogP contribution in [0.2, 0.25) is 0 Å². The third kappa shape index (κ3) is 4.70. The number of ketones is 1. The van der Waals surface area contributed by atoms with Gasteiger partial charge < -0.3 is 19.5 Å². The molecular formula is C27H26N2O5. The first-order valence-corrected chi connectivity index (χ1v) is 11.0. The van der Waals surface area contributed by atoms with Crippen molar-refractivity contribution in [2.75, 3.05) is 20.3 Å². The summed E-state index contributed by atoms with van der Waals surface area (Å²) in [6.07, 6.45) is 3.21. The lowest BCUT2D eigenvalue weighted by Gasteiger charge is -2.24. The lowest BCUT2D eigenvalue weighted by atomic mass is 9.94. The Hall–Kier alpha value is -3.97. The van der Waals surface area contributed by atoms with E-state index in [0.29, 0.717) is 23.5 Å². The van der Waals surface area contributed by atoms with Crippen LogP contribution in [0.25, 0.3) is 5.76 Å². The van der Waals surface area contributed by atoms with Crippen LogP contribution in [0.1, 0.15) is 28.3 Å². The second-order valence-electron chi connectivity index (χ2n) is 8.02. The van der Waals surface area contributed by atoms with Gasteiger partial charge in [0.25, 0.3) is 11.7 Å². The standard InChI is InChI=1S/C27H26N2O5/c1-18-15-21(34-17-19-7-4-3-5-8-19)10-11-22(18)25(30)23-24(20-9-6-12-28-16-20)29(13-14-33-2)27(32)26(23)31/h3-12,15-16,24,30H,13-14,17H2,1-2H3/b25-23+/t24-/m0/s1. The van der Waals surface area contributed by atoms with E-state index in [9.17, 15) is 14.7 Å². The molecule has 1 atom stereocenters. The average molecular weight is 459 g/mol. The van der Waals surface area contributed by atoms with Crippen molar-refractivity contribution in [1.29, 1.82) is 0 Å². The van der Waals surface area contributed by atoms with Crippen molar-refractivity contribution in [3.63, 3.8) is 0 Å². The Balaban J connectivity index is 1.68. The van der Waals surface area contributed by atoms with Crippen molar-refractivity contribution < 1.29 is 24.2 Å². The van der Waals surface area contributed by atoms with Gasteiger partial charge in [0.05, 0.1) is 18.2 Å². The van der Waals surface area contributed by atoms with Gasteiger partial charge in [-0.2, -0.15) is 0 Å². The number of amides is 1. The number of hydrogen-bond acceptors (Lipinski definition) is 6. The highest BCUT2D eigenvalue weighted by molar-refractivity contribution is 6.46. The zero-order chi connectivity index (χ0) is 24.1. The highest BCUT2D eigenvalue weighted by atomic mass is 16.5. The number of carbonyl (C=O) groups excluding carboxylic acids is 2. The highest BCUT2D eigenvalue weighted by Gasteiger charge is 2.46. The summed E-state index contributed by atoms with van der Waals surface area (Å²) >= 11 is 0. The molecule has 7 nitrogen and oxygen atoms in total. The van der Waals surface area contributed by atoms with Crippen molar-refractivity contribution in [3.05, 3.63) is 101 Å². The first-order chi connectivity index (χ1) is 16.5. The van der Waals surface area contributed by atoms with Crippen LogP contribution < -0.4 is 4.74 Å². The number of aliphatic hydroxyl groups is 1. The molecule has 1 aliphatic rings. The number of Topliss-reactive ketones (excluding diaryl/α,β-unsaturated/α-hetero) is 1. The maximum atomic E-state index is 13.0. The number of benzene rings is 2. The third-order valence-electron chi connectivity index (χ3n) is 5.78. The van der Waals surface area contributed by atoms with E-state index in [1.165, 1.54) is 12.0 Å². The van der Waals surface area contributed by atoms with E-state index < -0.39 is 17.7 Å². The number of aliphatic hydroxyl groups excluding tert-OH is 1. The van der Waals surface area contributed by atoms with Crippen LogP contribution in [-0.4, -0.2) is 46.9 Å². The molecule has 7 heteroatoms. The molecule has 0 spiro atoms. The second-order valence-corrected chi connectivity index (χ2v) is 8.02. The molecule has 0 unspecified atom stereocenters. The van der Waals surface area contributed by atoms with Crippen LogP contribution >= 0.6 is 0 Å². The number of aromatic nitrogens is 1. The molecule has 4 rings (SSSR count). The lowest BCUT2D eigenvalue weighted by molar-refractivity contribution is -0.140. The van der Waals surface area contributed by atoms with Gasteiger partial charge in [0, 0.05) is 31.6 Å². The number of methoxy groups -OCH3 is 1. The van der Waals surface area contributed by atoms with E-state index in [4.69, 9.17) is 9.47 Å². The van der Waals surface area contributed by atoms with Crippen molar-refractivity contribution in [2.45, 2.75) is 19.6 Å². The number of ether oxygens (including phenoxy) is 2. The Morgan fingerprint density at radius 1 is 1.09 bits per heavy atom. The Labute approximate surface area is 198 Å². The number of nitrogens with zero attached hydrogens (tertiary/aromatic N) is 2. The van der Waals surface area contributed by atoms with E-state index >= 15 is 0 Å². The van der Waals surface area contributed by atoms with Crippen molar-refractivity contribution in [1.82, 2.24) is 9.88 Å². The molecule has 1 aliphatic heterocycles. The fourth-order valence-corrected chi connectivity index (χ4v) is 4.06. The van der Waals surface area contributed by atoms with Gasteiger partial charge in [-0.05, 0) is 47.9 Å². The second kappa shape index (κ2) is 10.3. The van der Waals surface area contributed by atoms with Gasteiger partial charge in [-0.25, -0.2) is 0 Å². The van der Waals surface area contributed by atoms with Crippen molar-refractivity contribution in [3.8, 4) is 5.75 Å². The maximum Gasteiger partial charge on any atom is 0.295 e. The Bertz CT molecular complexity index is 1210. The molecule has 0 radical (unpaired) electrons. The van der Waals surface area contributed by atoms with Crippen molar-refractivity contribution in [2.24, 2.45) is 0 Å². The molecule has 34 heavy (non-hydrogen) atoms. The average Bonchev–Trinajstić information content (AvgIpc) is 3.12. The van der Waals surface area contributed by atoms with Gasteiger partial charge in [-0.15, -0.1) is 0 Å². The van der Waals surface area contributed by atoms with E-state index in [1.54, 1.807) is 42.7 Å². The maximum absolute atomic E-state index is 13.0. The molecule has 0 bridgehead atoms. The zero-order valence-corrected chi connectivity index (χ0v) is 19.1. The number of carbonyl (C=O) groups is 2. The number of rotatable bonds is 8. The fraction of sp³-hybridized carbons (Fsp3) is 0.222. The molecule has 1 saturated heterocycles. The summed E-state index contributed by atoms with van der Waals surface area (Å²) in [5.41, 5.74) is 2.90. The predicted octanol–water partition coefficient (Wildman–Crippen LogP) is 4.04. The molecular weight excluding hydrogens is 432 g/mol. The van der Waals surface area contributed by atoms with Crippen LogP contribution in [0.4, 0.5) is 0 Å². The normalized spacial score (nSPS) is 17.2. The smallest absolute Gasteiger partial charge is 0.295 e. The molecule has 2 aromatic carbocycles. The summed E-state index contributed by atoms with van der Waals surface area (Å²) < 4.78 is 11.0. The quantitative estimate of drug-likeness (QED) is 0.311.